The van der Waals surface area contributed by atoms with Crippen molar-refractivity contribution in [1.82, 2.24) is 14.7 Å². The maximum Gasteiger partial charge on any atom is 0.410 e. The minimum Gasteiger partial charge on any atom is -0.488 e. The van der Waals surface area contributed by atoms with Gasteiger partial charge in [-0.1, -0.05) is 15.9 Å². The van der Waals surface area contributed by atoms with Gasteiger partial charge in [-0.25, -0.2) is 9.48 Å². The second kappa shape index (κ2) is 8.14. The molecule has 2 fully saturated rings. The number of hydrogen-bond acceptors (Lipinski definition) is 5. The summed E-state index contributed by atoms with van der Waals surface area (Å²) in [6, 6.07) is 4.01. The van der Waals surface area contributed by atoms with E-state index >= 15 is 0 Å². The van der Waals surface area contributed by atoms with E-state index in [0.29, 0.717) is 13.1 Å². The Kier molecular flexibility index (Phi) is 5.75. The van der Waals surface area contributed by atoms with Crippen LogP contribution in [0.25, 0.3) is 10.9 Å². The highest BCUT2D eigenvalue weighted by atomic mass is 79.9. The molecule has 0 N–H and O–H groups in total. The summed E-state index contributed by atoms with van der Waals surface area (Å²) in [7, 11) is 0. The summed E-state index contributed by atoms with van der Waals surface area (Å²) in [5.41, 5.74) is 0.491. The van der Waals surface area contributed by atoms with Crippen LogP contribution in [0.15, 0.2) is 22.8 Å². The minimum absolute atomic E-state index is 0.0301. The van der Waals surface area contributed by atoms with Crippen LogP contribution in [0, 0.1) is 0 Å². The van der Waals surface area contributed by atoms with Crippen LogP contribution in [0.1, 0.15) is 52.7 Å². The monoisotopic (exact) mass is 465 g/mol. The van der Waals surface area contributed by atoms with Crippen LogP contribution in [-0.2, 0) is 9.47 Å². The summed E-state index contributed by atoms with van der Waals surface area (Å²) in [4.78, 5) is 14.0. The van der Waals surface area contributed by atoms with E-state index in [2.05, 4.69) is 27.1 Å². The number of halogens is 1. The van der Waals surface area contributed by atoms with Gasteiger partial charge in [0.2, 0.25) is 0 Å². The van der Waals surface area contributed by atoms with Gasteiger partial charge in [0.25, 0.3) is 0 Å². The third kappa shape index (κ3) is 4.69. The zero-order valence-corrected chi connectivity index (χ0v) is 18.8. The minimum atomic E-state index is -0.498. The van der Waals surface area contributed by atoms with Crippen LogP contribution >= 0.6 is 15.9 Å². The molecule has 2 aliphatic rings. The van der Waals surface area contributed by atoms with Gasteiger partial charge in [-0.05, 0) is 52.2 Å². The van der Waals surface area contributed by atoms with Crippen LogP contribution in [0.5, 0.6) is 5.75 Å². The van der Waals surface area contributed by atoms with E-state index in [0.717, 1.165) is 53.4 Å². The van der Waals surface area contributed by atoms with Crippen LogP contribution in [0.2, 0.25) is 0 Å². The van der Waals surface area contributed by atoms with Crippen molar-refractivity contribution < 1.29 is 19.0 Å². The zero-order chi connectivity index (χ0) is 20.6. The standard InChI is InChI=1S/C21H28BrN3O4/c1-21(2,3)29-20(26)24-8-7-15(13-24)28-18-11-14(22)10-17-16(18)12-23-25(17)19-6-4-5-9-27-19/h10-12,15,19H,4-9,13H2,1-3H3/t15-,19?/m0/s1. The Labute approximate surface area is 179 Å². The smallest absolute Gasteiger partial charge is 0.410 e. The second-order valence-electron chi connectivity index (χ2n) is 8.70. The highest BCUT2D eigenvalue weighted by molar-refractivity contribution is 9.10. The fourth-order valence-corrected chi connectivity index (χ4v) is 4.25. The SMILES string of the molecule is CC(C)(C)OC(=O)N1CC[C@H](Oc2cc(Br)cc3c2cnn3C2CCCCO2)C1. The lowest BCUT2D eigenvalue weighted by molar-refractivity contribution is -0.0366. The van der Waals surface area contributed by atoms with Gasteiger partial charge in [-0.2, -0.15) is 5.10 Å². The number of carbonyl (C=O) groups excluding carboxylic acids is 1. The summed E-state index contributed by atoms with van der Waals surface area (Å²) in [5.74, 6) is 0.771. The molecule has 0 bridgehead atoms. The molecule has 4 rings (SSSR count). The van der Waals surface area contributed by atoms with E-state index in [9.17, 15) is 4.79 Å². The maximum atomic E-state index is 12.3. The number of benzene rings is 1. The number of hydrogen-bond donors (Lipinski definition) is 0. The van der Waals surface area contributed by atoms with Crippen molar-refractivity contribution in [3.05, 3.63) is 22.8 Å². The summed E-state index contributed by atoms with van der Waals surface area (Å²) < 4.78 is 20.6. The second-order valence-corrected chi connectivity index (χ2v) is 9.62. The molecule has 1 amide bonds. The van der Waals surface area contributed by atoms with E-state index in [1.54, 1.807) is 4.90 Å². The molecule has 2 saturated heterocycles. The van der Waals surface area contributed by atoms with E-state index in [1.165, 1.54) is 0 Å². The Morgan fingerprint density at radius 2 is 2.10 bits per heavy atom. The average Bonchev–Trinajstić information content (AvgIpc) is 3.28. The highest BCUT2D eigenvalue weighted by Crippen LogP contribution is 2.35. The molecule has 2 aromatic rings. The van der Waals surface area contributed by atoms with Crippen molar-refractivity contribution in [2.24, 2.45) is 0 Å². The number of nitrogens with zero attached hydrogens (tertiary/aromatic N) is 3. The van der Waals surface area contributed by atoms with Crippen molar-refractivity contribution in [2.75, 3.05) is 19.7 Å². The first kappa shape index (κ1) is 20.5. The lowest BCUT2D eigenvalue weighted by Crippen LogP contribution is -2.36. The van der Waals surface area contributed by atoms with Crippen molar-refractivity contribution in [3.63, 3.8) is 0 Å². The number of likely N-dealkylation sites (tertiary alicyclic amines) is 1. The van der Waals surface area contributed by atoms with Gasteiger partial charge in [-0.15, -0.1) is 0 Å². The molecule has 0 aliphatic carbocycles. The highest BCUT2D eigenvalue weighted by Gasteiger charge is 2.31. The number of carbonyl (C=O) groups is 1. The molecule has 3 heterocycles. The number of amides is 1. The fourth-order valence-electron chi connectivity index (χ4n) is 3.82. The van der Waals surface area contributed by atoms with Crippen molar-refractivity contribution in [1.29, 1.82) is 0 Å². The lowest BCUT2D eigenvalue weighted by atomic mass is 10.2. The molecule has 0 saturated carbocycles. The molecule has 7 nitrogen and oxygen atoms in total. The molecule has 8 heteroatoms. The first-order valence-corrected chi connectivity index (χ1v) is 11.0. The Morgan fingerprint density at radius 1 is 1.28 bits per heavy atom. The molecule has 2 atom stereocenters. The third-order valence-corrected chi connectivity index (χ3v) is 5.62. The number of aromatic nitrogens is 2. The number of ether oxygens (including phenoxy) is 3. The fraction of sp³-hybridized carbons (Fsp3) is 0.619. The number of fused-ring (bicyclic) bond motifs is 1. The summed E-state index contributed by atoms with van der Waals surface area (Å²) in [5, 5.41) is 5.54. The Morgan fingerprint density at radius 3 is 2.83 bits per heavy atom. The van der Waals surface area contributed by atoms with Gasteiger partial charge in [0.15, 0.2) is 6.23 Å². The molecule has 2 aliphatic heterocycles. The summed E-state index contributed by atoms with van der Waals surface area (Å²) >= 11 is 3.60. The van der Waals surface area contributed by atoms with Gasteiger partial charge < -0.3 is 19.1 Å². The lowest BCUT2D eigenvalue weighted by Gasteiger charge is -2.24. The largest absolute Gasteiger partial charge is 0.488 e. The van der Waals surface area contributed by atoms with Gasteiger partial charge in [0.05, 0.1) is 23.6 Å². The molecule has 0 spiro atoms. The predicted octanol–water partition coefficient (Wildman–Crippen LogP) is 4.89. The Hall–Kier alpha value is -1.80. The van der Waals surface area contributed by atoms with Gasteiger partial charge in [0.1, 0.15) is 17.5 Å². The normalized spacial score (nSPS) is 22.8. The maximum absolute atomic E-state index is 12.3. The predicted molar refractivity (Wildman–Crippen MR) is 113 cm³/mol. The summed E-state index contributed by atoms with van der Waals surface area (Å²) in [6.45, 7) is 7.54. The average molecular weight is 466 g/mol. The zero-order valence-electron chi connectivity index (χ0n) is 17.2. The van der Waals surface area contributed by atoms with Gasteiger partial charge >= 0.3 is 6.09 Å². The Bertz CT molecular complexity index is 886. The third-order valence-electron chi connectivity index (χ3n) is 5.16. The first-order valence-electron chi connectivity index (χ1n) is 10.2. The van der Waals surface area contributed by atoms with Crippen molar-refractivity contribution >= 4 is 32.9 Å². The summed E-state index contributed by atoms with van der Waals surface area (Å²) in [6.07, 6.45) is 5.43. The molecule has 1 aromatic heterocycles. The van der Waals surface area contributed by atoms with Crippen LogP contribution in [0.4, 0.5) is 4.79 Å². The van der Waals surface area contributed by atoms with Gasteiger partial charge in [0, 0.05) is 24.0 Å². The van der Waals surface area contributed by atoms with Gasteiger partial charge in [-0.3, -0.25) is 0 Å². The molecule has 1 unspecified atom stereocenters. The van der Waals surface area contributed by atoms with Crippen LogP contribution in [-0.4, -0.2) is 52.2 Å². The van der Waals surface area contributed by atoms with E-state index < -0.39 is 5.60 Å². The first-order chi connectivity index (χ1) is 13.8. The molecule has 158 valence electrons. The quantitative estimate of drug-likeness (QED) is 0.645. The molecular weight excluding hydrogens is 438 g/mol. The molecule has 0 radical (unpaired) electrons. The van der Waals surface area contributed by atoms with E-state index in [-0.39, 0.29) is 18.4 Å². The molecule has 29 heavy (non-hydrogen) atoms. The Balaban J connectivity index is 1.50. The molecular formula is C21H28BrN3O4. The van der Waals surface area contributed by atoms with E-state index in [4.69, 9.17) is 14.2 Å². The van der Waals surface area contributed by atoms with Crippen molar-refractivity contribution in [2.45, 2.75) is 64.4 Å². The molecule has 1 aromatic carbocycles. The van der Waals surface area contributed by atoms with Crippen LogP contribution < -0.4 is 4.74 Å². The van der Waals surface area contributed by atoms with Crippen molar-refractivity contribution in [3.8, 4) is 5.75 Å². The van der Waals surface area contributed by atoms with Crippen LogP contribution in [0.3, 0.4) is 0 Å². The topological polar surface area (TPSA) is 65.8 Å². The van der Waals surface area contributed by atoms with E-state index in [1.807, 2.05) is 37.7 Å². The number of rotatable bonds is 3.